The van der Waals surface area contributed by atoms with Crippen molar-refractivity contribution in [1.82, 2.24) is 14.7 Å². The number of aromatic nitrogens is 2. The van der Waals surface area contributed by atoms with Crippen LogP contribution in [0.2, 0.25) is 0 Å². The van der Waals surface area contributed by atoms with E-state index in [0.29, 0.717) is 36.4 Å². The molecule has 4 N–H and O–H groups in total. The van der Waals surface area contributed by atoms with Crippen LogP contribution in [0.4, 0.5) is 23.3 Å². The molecule has 1 heterocycles. The van der Waals surface area contributed by atoms with Crippen molar-refractivity contribution < 1.29 is 13.2 Å². The molecule has 202 valence electrons. The Hall–Kier alpha value is -4.32. The normalized spacial score (nSPS) is 11.7. The van der Waals surface area contributed by atoms with Gasteiger partial charge in [-0.3, -0.25) is 5.43 Å². The second-order valence-corrected chi connectivity index (χ2v) is 10.3. The standard InChI is InChI=1S/C28H31N7O3S/c1-20(21-14-16-24(17-15-21)39(36,37)29-2)34-35-27-25(22-10-6-4-7-11-22)26(30-18-19-38-3)32-28(33-27)31-23-12-8-5-9-13-23/h4-17,29H,18-19H2,1-3H3,(H3,30,31,32,33,35). The molecule has 0 unspecified atom stereocenters. The number of anilines is 4. The molecule has 1 aromatic heterocycles. The Labute approximate surface area is 228 Å². The van der Waals surface area contributed by atoms with E-state index in [-0.39, 0.29) is 4.90 Å². The van der Waals surface area contributed by atoms with Crippen molar-refractivity contribution in [2.45, 2.75) is 11.8 Å². The van der Waals surface area contributed by atoms with Crippen molar-refractivity contribution in [1.29, 1.82) is 0 Å². The first kappa shape index (κ1) is 27.7. The quantitative estimate of drug-likeness (QED) is 0.115. The van der Waals surface area contributed by atoms with Gasteiger partial charge in [0.2, 0.25) is 16.0 Å². The lowest BCUT2D eigenvalue weighted by atomic mass is 10.1. The number of rotatable bonds is 12. The van der Waals surface area contributed by atoms with E-state index >= 15 is 0 Å². The van der Waals surface area contributed by atoms with Gasteiger partial charge in [0.15, 0.2) is 5.82 Å². The van der Waals surface area contributed by atoms with Gasteiger partial charge in [-0.1, -0.05) is 60.7 Å². The zero-order valence-electron chi connectivity index (χ0n) is 22.0. The monoisotopic (exact) mass is 545 g/mol. The third kappa shape index (κ3) is 7.17. The van der Waals surface area contributed by atoms with Gasteiger partial charge in [0.25, 0.3) is 0 Å². The van der Waals surface area contributed by atoms with Crippen LogP contribution < -0.4 is 20.8 Å². The molecule has 0 aliphatic heterocycles. The Kier molecular flexibility index (Phi) is 9.21. The topological polar surface area (TPSA) is 130 Å². The SMILES string of the molecule is CNS(=O)(=O)c1ccc(C(C)=NNc2nc(Nc3ccccc3)nc(NCCOC)c2-c2ccccc2)cc1. The smallest absolute Gasteiger partial charge is 0.240 e. The lowest BCUT2D eigenvalue weighted by Gasteiger charge is -2.17. The van der Waals surface area contributed by atoms with Crippen LogP contribution in [0.3, 0.4) is 0 Å². The Bertz CT molecular complexity index is 1510. The number of para-hydroxylation sites is 1. The van der Waals surface area contributed by atoms with Gasteiger partial charge in [-0.15, -0.1) is 0 Å². The van der Waals surface area contributed by atoms with Crippen LogP contribution >= 0.6 is 0 Å². The average Bonchev–Trinajstić information content (AvgIpc) is 2.97. The summed E-state index contributed by atoms with van der Waals surface area (Å²) in [4.78, 5) is 9.70. The molecule has 4 aromatic rings. The van der Waals surface area contributed by atoms with E-state index in [0.717, 1.165) is 22.4 Å². The predicted molar refractivity (Wildman–Crippen MR) is 156 cm³/mol. The molecule has 0 saturated carbocycles. The highest BCUT2D eigenvalue weighted by Crippen LogP contribution is 2.34. The molecule has 0 amide bonds. The van der Waals surface area contributed by atoms with Gasteiger partial charge in [0.1, 0.15) is 5.82 Å². The molecule has 0 aliphatic rings. The number of hydrazone groups is 1. The molecule has 11 heteroatoms. The molecular formula is C28H31N7O3S. The molecule has 0 bridgehead atoms. The Morgan fingerprint density at radius 3 is 2.18 bits per heavy atom. The van der Waals surface area contributed by atoms with Gasteiger partial charge in [-0.25, -0.2) is 13.1 Å². The van der Waals surface area contributed by atoms with Crippen LogP contribution in [0, 0.1) is 0 Å². The van der Waals surface area contributed by atoms with E-state index in [4.69, 9.17) is 14.7 Å². The molecular weight excluding hydrogens is 514 g/mol. The summed E-state index contributed by atoms with van der Waals surface area (Å²) in [7, 11) is -0.496. The fraction of sp³-hybridized carbons (Fsp3) is 0.179. The van der Waals surface area contributed by atoms with Gasteiger partial charge < -0.3 is 15.4 Å². The lowest BCUT2D eigenvalue weighted by Crippen LogP contribution is -2.18. The molecule has 0 aliphatic carbocycles. The highest BCUT2D eigenvalue weighted by atomic mass is 32.2. The zero-order valence-corrected chi connectivity index (χ0v) is 22.8. The fourth-order valence-electron chi connectivity index (χ4n) is 3.72. The van der Waals surface area contributed by atoms with Crippen LogP contribution in [0.25, 0.3) is 11.1 Å². The second kappa shape index (κ2) is 13.0. The van der Waals surface area contributed by atoms with Crippen LogP contribution in [0.5, 0.6) is 0 Å². The molecule has 0 radical (unpaired) electrons. The summed E-state index contributed by atoms with van der Waals surface area (Å²) in [6.45, 7) is 2.87. The number of methoxy groups -OCH3 is 1. The average molecular weight is 546 g/mol. The summed E-state index contributed by atoms with van der Waals surface area (Å²) in [5.74, 6) is 1.49. The van der Waals surface area contributed by atoms with Crippen LogP contribution in [0.1, 0.15) is 12.5 Å². The number of benzene rings is 3. The third-order valence-electron chi connectivity index (χ3n) is 5.78. The predicted octanol–water partition coefficient (Wildman–Crippen LogP) is 4.69. The number of hydrogen-bond donors (Lipinski definition) is 4. The highest BCUT2D eigenvalue weighted by molar-refractivity contribution is 7.89. The van der Waals surface area contributed by atoms with Gasteiger partial charge in [-0.2, -0.15) is 15.1 Å². The second-order valence-electron chi connectivity index (χ2n) is 8.44. The summed E-state index contributed by atoms with van der Waals surface area (Å²) < 4.78 is 31.7. The van der Waals surface area contributed by atoms with Crippen molar-refractivity contribution in [3.05, 3.63) is 90.5 Å². The first-order valence-electron chi connectivity index (χ1n) is 12.3. The zero-order chi connectivity index (χ0) is 27.7. The Balaban J connectivity index is 1.73. The number of nitrogens with zero attached hydrogens (tertiary/aromatic N) is 3. The van der Waals surface area contributed by atoms with Crippen molar-refractivity contribution in [2.75, 3.05) is 43.4 Å². The Morgan fingerprint density at radius 2 is 1.54 bits per heavy atom. The first-order chi connectivity index (χ1) is 18.9. The fourth-order valence-corrected chi connectivity index (χ4v) is 4.45. The molecule has 0 saturated heterocycles. The summed E-state index contributed by atoms with van der Waals surface area (Å²) >= 11 is 0. The van der Waals surface area contributed by atoms with E-state index in [2.05, 4.69) is 25.9 Å². The summed E-state index contributed by atoms with van der Waals surface area (Å²) in [5.41, 5.74) is 7.02. The van der Waals surface area contributed by atoms with Crippen LogP contribution in [0.15, 0.2) is 94.9 Å². The molecule has 0 spiro atoms. The molecule has 0 fully saturated rings. The summed E-state index contributed by atoms with van der Waals surface area (Å²) in [6.07, 6.45) is 0. The van der Waals surface area contributed by atoms with E-state index in [1.165, 1.54) is 7.05 Å². The van der Waals surface area contributed by atoms with Crippen molar-refractivity contribution in [3.8, 4) is 11.1 Å². The van der Waals surface area contributed by atoms with Crippen molar-refractivity contribution >= 4 is 39.0 Å². The van der Waals surface area contributed by atoms with E-state index in [1.807, 2.05) is 67.6 Å². The largest absolute Gasteiger partial charge is 0.383 e. The number of hydrogen-bond acceptors (Lipinski definition) is 9. The first-order valence-corrected chi connectivity index (χ1v) is 13.8. The highest BCUT2D eigenvalue weighted by Gasteiger charge is 2.17. The van der Waals surface area contributed by atoms with Crippen LogP contribution in [-0.4, -0.2) is 51.4 Å². The molecule has 3 aromatic carbocycles. The molecule has 0 atom stereocenters. The molecule has 4 rings (SSSR count). The third-order valence-corrected chi connectivity index (χ3v) is 7.21. The number of nitrogens with one attached hydrogen (secondary N) is 4. The maximum absolute atomic E-state index is 12.1. The lowest BCUT2D eigenvalue weighted by molar-refractivity contribution is 0.210. The minimum Gasteiger partial charge on any atom is -0.383 e. The van der Waals surface area contributed by atoms with Crippen LogP contribution in [-0.2, 0) is 14.8 Å². The summed E-state index contributed by atoms with van der Waals surface area (Å²) in [5, 5.41) is 11.2. The van der Waals surface area contributed by atoms with Gasteiger partial charge >= 0.3 is 0 Å². The minimum atomic E-state index is -3.52. The van der Waals surface area contributed by atoms with Gasteiger partial charge in [0, 0.05) is 19.3 Å². The summed E-state index contributed by atoms with van der Waals surface area (Å²) in [6, 6.07) is 26.0. The Morgan fingerprint density at radius 1 is 0.897 bits per heavy atom. The number of ether oxygens (including phenoxy) is 1. The van der Waals surface area contributed by atoms with Crippen molar-refractivity contribution in [3.63, 3.8) is 0 Å². The van der Waals surface area contributed by atoms with Gasteiger partial charge in [0.05, 0.1) is 22.8 Å². The maximum Gasteiger partial charge on any atom is 0.240 e. The maximum atomic E-state index is 12.1. The molecule has 10 nitrogen and oxygen atoms in total. The van der Waals surface area contributed by atoms with Crippen molar-refractivity contribution in [2.24, 2.45) is 5.10 Å². The van der Waals surface area contributed by atoms with E-state index in [1.54, 1.807) is 31.4 Å². The van der Waals surface area contributed by atoms with Gasteiger partial charge in [-0.05, 0) is 49.4 Å². The minimum absolute atomic E-state index is 0.181. The molecule has 39 heavy (non-hydrogen) atoms. The van der Waals surface area contributed by atoms with E-state index < -0.39 is 10.0 Å². The number of sulfonamides is 1. The van der Waals surface area contributed by atoms with E-state index in [9.17, 15) is 8.42 Å².